The van der Waals surface area contributed by atoms with E-state index in [0.717, 1.165) is 18.4 Å². The number of hydrogen-bond donors (Lipinski definition) is 2. The number of aliphatic carboxylic acids is 1. The first-order valence-electron chi connectivity index (χ1n) is 7.06. The van der Waals surface area contributed by atoms with Gasteiger partial charge in [0.25, 0.3) is 0 Å². The van der Waals surface area contributed by atoms with Crippen molar-refractivity contribution in [3.05, 3.63) is 35.9 Å². The number of sulfonamides is 1. The molecular weight excluding hydrogens is 290 g/mol. The second kappa shape index (κ2) is 6.15. The third kappa shape index (κ3) is 5.13. The third-order valence-electron chi connectivity index (χ3n) is 3.98. The van der Waals surface area contributed by atoms with Gasteiger partial charge in [-0.2, -0.15) is 0 Å². The highest BCUT2D eigenvalue weighted by molar-refractivity contribution is 7.89. The smallest absolute Gasteiger partial charge is 0.322 e. The van der Waals surface area contributed by atoms with Crippen LogP contribution in [0.15, 0.2) is 30.3 Å². The highest BCUT2D eigenvalue weighted by atomic mass is 32.2. The fourth-order valence-corrected chi connectivity index (χ4v) is 3.65. The van der Waals surface area contributed by atoms with Gasteiger partial charge in [-0.3, -0.25) is 4.79 Å². The summed E-state index contributed by atoms with van der Waals surface area (Å²) in [5.41, 5.74) is 0.925. The maximum atomic E-state index is 12.0. The Morgan fingerprint density at radius 3 is 2.48 bits per heavy atom. The van der Waals surface area contributed by atoms with Crippen molar-refractivity contribution in [2.75, 3.05) is 5.75 Å². The van der Waals surface area contributed by atoms with Gasteiger partial charge in [0.05, 0.1) is 5.75 Å². The van der Waals surface area contributed by atoms with Crippen molar-refractivity contribution in [1.82, 2.24) is 4.72 Å². The van der Waals surface area contributed by atoms with Crippen LogP contribution in [0.2, 0.25) is 0 Å². The van der Waals surface area contributed by atoms with Crippen molar-refractivity contribution in [3.8, 4) is 0 Å². The summed E-state index contributed by atoms with van der Waals surface area (Å²) in [4.78, 5) is 11.3. The molecule has 0 amide bonds. The van der Waals surface area contributed by atoms with Gasteiger partial charge in [-0.25, -0.2) is 13.1 Å². The SMILES string of the molecule is CC1(CCS(=O)(=O)N[C@@H](Cc2ccccc2)C(=O)O)CC1. The Morgan fingerprint density at radius 2 is 1.95 bits per heavy atom. The Bertz CT molecular complexity index is 593. The monoisotopic (exact) mass is 311 g/mol. The number of carboxylic acid groups (broad SMARTS) is 1. The first-order chi connectivity index (χ1) is 9.80. The Kier molecular flexibility index (Phi) is 4.68. The standard InChI is InChI=1S/C15H21NO4S/c1-15(7-8-15)9-10-21(19,20)16-13(14(17)18)11-12-5-3-2-4-6-12/h2-6,13,16H,7-11H2,1H3,(H,17,18)/t13-/m0/s1. The molecule has 116 valence electrons. The van der Waals surface area contributed by atoms with Crippen LogP contribution in [0.25, 0.3) is 0 Å². The summed E-state index contributed by atoms with van der Waals surface area (Å²) in [6, 6.07) is 7.89. The van der Waals surface area contributed by atoms with E-state index in [1.165, 1.54) is 0 Å². The fourth-order valence-electron chi connectivity index (χ4n) is 2.15. The van der Waals surface area contributed by atoms with Crippen LogP contribution in [0.4, 0.5) is 0 Å². The molecule has 0 bridgehead atoms. The average Bonchev–Trinajstić information content (AvgIpc) is 3.16. The van der Waals surface area contributed by atoms with E-state index in [0.29, 0.717) is 6.42 Å². The second-order valence-corrected chi connectivity index (χ2v) is 7.95. The van der Waals surface area contributed by atoms with Crippen LogP contribution in [0.5, 0.6) is 0 Å². The fraction of sp³-hybridized carbons (Fsp3) is 0.533. The molecule has 1 atom stereocenters. The molecule has 1 saturated carbocycles. The van der Waals surface area contributed by atoms with Gasteiger partial charge >= 0.3 is 5.97 Å². The lowest BCUT2D eigenvalue weighted by molar-refractivity contribution is -0.138. The van der Waals surface area contributed by atoms with Gasteiger partial charge in [-0.05, 0) is 36.7 Å². The van der Waals surface area contributed by atoms with Crippen LogP contribution >= 0.6 is 0 Å². The zero-order valence-electron chi connectivity index (χ0n) is 12.1. The normalized spacial score (nSPS) is 18.1. The van der Waals surface area contributed by atoms with Crippen LogP contribution in [-0.4, -0.2) is 31.3 Å². The molecule has 1 aromatic rings. The summed E-state index contributed by atoms with van der Waals surface area (Å²) in [7, 11) is -3.57. The third-order valence-corrected chi connectivity index (χ3v) is 5.37. The Labute approximate surface area is 125 Å². The minimum absolute atomic E-state index is 0.0118. The van der Waals surface area contributed by atoms with E-state index in [2.05, 4.69) is 11.6 Å². The quantitative estimate of drug-likeness (QED) is 0.766. The summed E-state index contributed by atoms with van der Waals surface area (Å²) >= 11 is 0. The lowest BCUT2D eigenvalue weighted by Gasteiger charge is -2.16. The molecule has 0 unspecified atom stereocenters. The molecule has 1 aliphatic rings. The van der Waals surface area contributed by atoms with Crippen molar-refractivity contribution in [3.63, 3.8) is 0 Å². The van der Waals surface area contributed by atoms with Gasteiger partial charge in [0.1, 0.15) is 6.04 Å². The molecule has 0 radical (unpaired) electrons. The number of carbonyl (C=O) groups is 1. The van der Waals surface area contributed by atoms with Gasteiger partial charge in [0.15, 0.2) is 0 Å². The number of carboxylic acids is 1. The first kappa shape index (κ1) is 16.0. The maximum absolute atomic E-state index is 12.0. The lowest BCUT2D eigenvalue weighted by Crippen LogP contribution is -2.43. The second-order valence-electron chi connectivity index (χ2n) is 6.08. The molecular formula is C15H21NO4S. The van der Waals surface area contributed by atoms with Gasteiger partial charge < -0.3 is 5.11 Å². The minimum Gasteiger partial charge on any atom is -0.480 e. The molecule has 0 saturated heterocycles. The molecule has 1 aromatic carbocycles. The Morgan fingerprint density at radius 1 is 1.33 bits per heavy atom. The van der Waals surface area contributed by atoms with Crippen LogP contribution in [-0.2, 0) is 21.2 Å². The van der Waals surface area contributed by atoms with Crippen molar-refractivity contribution in [1.29, 1.82) is 0 Å². The predicted octanol–water partition coefficient (Wildman–Crippen LogP) is 1.79. The summed E-state index contributed by atoms with van der Waals surface area (Å²) < 4.78 is 26.4. The van der Waals surface area contributed by atoms with Gasteiger partial charge in [0, 0.05) is 0 Å². The molecule has 2 N–H and O–H groups in total. The van der Waals surface area contributed by atoms with Crippen molar-refractivity contribution in [2.24, 2.45) is 5.41 Å². The Balaban J connectivity index is 1.96. The van der Waals surface area contributed by atoms with E-state index in [1.807, 2.05) is 6.07 Å². The molecule has 5 nitrogen and oxygen atoms in total. The van der Waals surface area contributed by atoms with E-state index in [-0.39, 0.29) is 17.6 Å². The van der Waals surface area contributed by atoms with E-state index in [4.69, 9.17) is 0 Å². The molecule has 6 heteroatoms. The largest absolute Gasteiger partial charge is 0.480 e. The molecule has 0 heterocycles. The number of hydrogen-bond acceptors (Lipinski definition) is 3. The van der Waals surface area contributed by atoms with Gasteiger partial charge in [0.2, 0.25) is 10.0 Å². The van der Waals surface area contributed by atoms with Crippen molar-refractivity contribution >= 4 is 16.0 Å². The summed E-state index contributed by atoms with van der Waals surface area (Å²) in [5.74, 6) is -1.16. The zero-order chi connectivity index (χ0) is 15.5. The molecule has 1 fully saturated rings. The first-order valence-corrected chi connectivity index (χ1v) is 8.72. The van der Waals surface area contributed by atoms with Crippen molar-refractivity contribution < 1.29 is 18.3 Å². The molecule has 0 spiro atoms. The van der Waals surface area contributed by atoms with Crippen LogP contribution in [0.3, 0.4) is 0 Å². The number of benzene rings is 1. The number of nitrogens with one attached hydrogen (secondary N) is 1. The Hall–Kier alpha value is -1.40. The van der Waals surface area contributed by atoms with E-state index >= 15 is 0 Å². The molecule has 1 aliphatic carbocycles. The molecule has 0 aliphatic heterocycles. The molecule has 0 aromatic heterocycles. The van der Waals surface area contributed by atoms with Crippen LogP contribution in [0.1, 0.15) is 31.7 Å². The van der Waals surface area contributed by atoms with Crippen molar-refractivity contribution in [2.45, 2.75) is 38.6 Å². The maximum Gasteiger partial charge on any atom is 0.322 e. The predicted molar refractivity (Wildman–Crippen MR) is 80.5 cm³/mol. The summed E-state index contributed by atoms with van der Waals surface area (Å²) in [6.45, 7) is 2.06. The molecule has 21 heavy (non-hydrogen) atoms. The summed E-state index contributed by atoms with van der Waals surface area (Å²) in [6.07, 6.45) is 2.83. The van der Waals surface area contributed by atoms with Gasteiger partial charge in [-0.1, -0.05) is 37.3 Å². The van der Waals surface area contributed by atoms with Crippen LogP contribution < -0.4 is 4.72 Å². The highest BCUT2D eigenvalue weighted by Gasteiger charge is 2.38. The lowest BCUT2D eigenvalue weighted by atomic mass is 10.1. The number of rotatable bonds is 8. The van der Waals surface area contributed by atoms with Crippen LogP contribution in [0, 0.1) is 5.41 Å². The topological polar surface area (TPSA) is 83.5 Å². The van der Waals surface area contributed by atoms with E-state index < -0.39 is 22.0 Å². The van der Waals surface area contributed by atoms with Gasteiger partial charge in [-0.15, -0.1) is 0 Å². The van der Waals surface area contributed by atoms with E-state index in [9.17, 15) is 18.3 Å². The van der Waals surface area contributed by atoms with E-state index in [1.54, 1.807) is 24.3 Å². The summed E-state index contributed by atoms with van der Waals surface area (Å²) in [5, 5.41) is 9.21. The molecule has 2 rings (SSSR count). The highest BCUT2D eigenvalue weighted by Crippen LogP contribution is 2.48. The zero-order valence-corrected chi connectivity index (χ0v) is 12.9. The minimum atomic E-state index is -3.57. The average molecular weight is 311 g/mol.